The van der Waals surface area contributed by atoms with E-state index in [1.165, 1.54) is 33.8 Å². The van der Waals surface area contributed by atoms with Crippen LogP contribution in [0, 0.1) is 27.7 Å². The minimum absolute atomic E-state index is 0.0587. The molecule has 0 amide bonds. The second-order valence-corrected chi connectivity index (χ2v) is 9.59. The van der Waals surface area contributed by atoms with Gasteiger partial charge < -0.3 is 19.5 Å². The molecule has 2 aromatic heterocycles. The highest BCUT2D eigenvalue weighted by atomic mass is 32.1. The number of aromatic nitrogens is 2. The zero-order chi connectivity index (χ0) is 24.7. The van der Waals surface area contributed by atoms with E-state index in [4.69, 9.17) is 21.9 Å². The minimum atomic E-state index is -0.0843. The van der Waals surface area contributed by atoms with Gasteiger partial charge in [0.1, 0.15) is 5.75 Å². The van der Waals surface area contributed by atoms with Gasteiger partial charge in [-0.1, -0.05) is 12.1 Å². The van der Waals surface area contributed by atoms with Crippen molar-refractivity contribution >= 4 is 23.0 Å². The Hall–Kier alpha value is -3.64. The molecule has 0 aliphatic carbocycles. The molecule has 1 fully saturated rings. The molecule has 1 aliphatic rings. The topological polar surface area (TPSA) is 42.3 Å². The van der Waals surface area contributed by atoms with Crippen LogP contribution in [0.2, 0.25) is 0 Å². The van der Waals surface area contributed by atoms with Crippen molar-refractivity contribution in [3.8, 4) is 11.4 Å². The maximum absolute atomic E-state index is 5.90. The lowest BCUT2D eigenvalue weighted by Gasteiger charge is -2.28. The number of ether oxygens (including phenoxy) is 1. The fourth-order valence-electron chi connectivity index (χ4n) is 5.26. The van der Waals surface area contributed by atoms with Crippen LogP contribution in [0.1, 0.15) is 45.9 Å². The number of methoxy groups -OCH3 is 1. The van der Waals surface area contributed by atoms with Crippen molar-refractivity contribution < 1.29 is 4.74 Å². The molecule has 6 heteroatoms. The molecule has 35 heavy (non-hydrogen) atoms. The number of hydrogen-bond donors (Lipinski definition) is 1. The summed E-state index contributed by atoms with van der Waals surface area (Å²) in [5.74, 6) is 0.817. The molecule has 2 atom stereocenters. The predicted molar refractivity (Wildman–Crippen MR) is 146 cm³/mol. The molecule has 0 radical (unpaired) electrons. The highest BCUT2D eigenvalue weighted by molar-refractivity contribution is 7.80. The molecule has 178 valence electrons. The lowest BCUT2D eigenvalue weighted by molar-refractivity contribution is 0.415. The van der Waals surface area contributed by atoms with Crippen molar-refractivity contribution in [1.29, 1.82) is 0 Å². The summed E-state index contributed by atoms with van der Waals surface area (Å²) in [7, 11) is 1.68. The number of anilines is 1. The van der Waals surface area contributed by atoms with E-state index in [2.05, 4.69) is 84.9 Å². The maximum atomic E-state index is 5.90. The van der Waals surface area contributed by atoms with Gasteiger partial charge in [0.05, 0.1) is 24.9 Å². The summed E-state index contributed by atoms with van der Waals surface area (Å²) in [6.07, 6.45) is 1.84. The molecule has 3 heterocycles. The van der Waals surface area contributed by atoms with Crippen LogP contribution >= 0.6 is 12.2 Å². The van der Waals surface area contributed by atoms with E-state index in [9.17, 15) is 0 Å². The van der Waals surface area contributed by atoms with Crippen LogP contribution in [0.25, 0.3) is 5.69 Å². The summed E-state index contributed by atoms with van der Waals surface area (Å²) < 4.78 is 7.73. The summed E-state index contributed by atoms with van der Waals surface area (Å²) in [5.41, 5.74) is 9.28. The van der Waals surface area contributed by atoms with Gasteiger partial charge in [-0.25, -0.2) is 0 Å². The predicted octanol–water partition coefficient (Wildman–Crippen LogP) is 6.29. The first-order valence-corrected chi connectivity index (χ1v) is 12.2. The number of aryl methyl sites for hydroxylation is 3. The van der Waals surface area contributed by atoms with Gasteiger partial charge in [-0.3, -0.25) is 4.98 Å². The first kappa shape index (κ1) is 23.1. The van der Waals surface area contributed by atoms with Crippen molar-refractivity contribution in [2.75, 3.05) is 12.0 Å². The monoisotopic (exact) mass is 482 g/mol. The van der Waals surface area contributed by atoms with Gasteiger partial charge in [0.2, 0.25) is 0 Å². The third-order valence-corrected chi connectivity index (χ3v) is 7.02. The van der Waals surface area contributed by atoms with Gasteiger partial charge in [0.25, 0.3) is 0 Å². The van der Waals surface area contributed by atoms with Gasteiger partial charge >= 0.3 is 0 Å². The van der Waals surface area contributed by atoms with Gasteiger partial charge in [0.15, 0.2) is 5.11 Å². The van der Waals surface area contributed by atoms with Crippen molar-refractivity contribution in [1.82, 2.24) is 14.9 Å². The molecule has 5 nitrogen and oxygen atoms in total. The van der Waals surface area contributed by atoms with E-state index in [1.807, 2.05) is 30.5 Å². The van der Waals surface area contributed by atoms with E-state index >= 15 is 0 Å². The lowest BCUT2D eigenvalue weighted by Crippen LogP contribution is -2.29. The van der Waals surface area contributed by atoms with Crippen molar-refractivity contribution in [3.63, 3.8) is 0 Å². The summed E-state index contributed by atoms with van der Waals surface area (Å²) in [4.78, 5) is 6.90. The normalized spacial score (nSPS) is 17.5. The Morgan fingerprint density at radius 1 is 0.886 bits per heavy atom. The first-order valence-electron chi connectivity index (χ1n) is 11.8. The number of hydrogen-bond acceptors (Lipinski definition) is 3. The highest BCUT2D eigenvalue weighted by Gasteiger charge is 2.42. The Labute approximate surface area is 212 Å². The lowest BCUT2D eigenvalue weighted by atomic mass is 9.96. The van der Waals surface area contributed by atoms with Crippen molar-refractivity contribution in [2.45, 2.75) is 39.8 Å². The molecule has 1 N–H and O–H groups in total. The molecule has 5 rings (SSSR count). The Morgan fingerprint density at radius 2 is 1.60 bits per heavy atom. The largest absolute Gasteiger partial charge is 0.497 e. The Balaban J connectivity index is 1.67. The maximum Gasteiger partial charge on any atom is 0.174 e. The number of rotatable bonds is 5. The van der Waals surface area contributed by atoms with E-state index in [0.29, 0.717) is 5.11 Å². The first-order chi connectivity index (χ1) is 16.9. The molecular formula is C29H30N4OS. The molecule has 0 saturated carbocycles. The van der Waals surface area contributed by atoms with Crippen molar-refractivity contribution in [2.24, 2.45) is 0 Å². The van der Waals surface area contributed by atoms with Crippen molar-refractivity contribution in [3.05, 3.63) is 107 Å². The molecular weight excluding hydrogens is 452 g/mol. The van der Waals surface area contributed by atoms with E-state index in [1.54, 1.807) is 7.11 Å². The Kier molecular flexibility index (Phi) is 6.07. The standard InChI is InChI=1S/C29H30N4OS/c1-18-14-19(2)16-23(15-18)32-20(3)17-25(21(32)4)28-27(26-8-6-7-13-30-26)31-29(35)33(28)22-9-11-24(34-5)12-10-22/h6-17,27-28H,1-5H3,(H,31,35)/t27-,28-/m0/s1. The van der Waals surface area contributed by atoms with Crippen LogP contribution in [-0.4, -0.2) is 21.8 Å². The van der Waals surface area contributed by atoms with E-state index in [-0.39, 0.29) is 12.1 Å². The number of nitrogens with zero attached hydrogens (tertiary/aromatic N) is 3. The van der Waals surface area contributed by atoms with Gasteiger partial charge in [-0.05, 0) is 111 Å². The van der Waals surface area contributed by atoms with E-state index < -0.39 is 0 Å². The number of thiocarbonyl (C=S) groups is 1. The minimum Gasteiger partial charge on any atom is -0.497 e. The van der Waals surface area contributed by atoms with Gasteiger partial charge in [0, 0.05) is 29.0 Å². The third kappa shape index (κ3) is 4.19. The highest BCUT2D eigenvalue weighted by Crippen LogP contribution is 2.44. The molecule has 1 aliphatic heterocycles. The quantitative estimate of drug-likeness (QED) is 0.339. The molecule has 0 unspecified atom stereocenters. The molecule has 1 saturated heterocycles. The number of nitrogens with one attached hydrogen (secondary N) is 1. The van der Waals surface area contributed by atoms with Gasteiger partial charge in [-0.15, -0.1) is 0 Å². The van der Waals surface area contributed by atoms with Crippen LogP contribution in [0.4, 0.5) is 5.69 Å². The summed E-state index contributed by atoms with van der Waals surface area (Å²) >= 11 is 5.90. The van der Waals surface area contributed by atoms with Crippen LogP contribution in [0.15, 0.2) is 72.9 Å². The van der Waals surface area contributed by atoms with E-state index in [0.717, 1.165) is 17.1 Å². The van der Waals surface area contributed by atoms with Crippen LogP contribution in [0.3, 0.4) is 0 Å². The molecule has 0 bridgehead atoms. The fraction of sp³-hybridized carbons (Fsp3) is 0.241. The summed E-state index contributed by atoms with van der Waals surface area (Å²) in [6, 6.07) is 22.9. The summed E-state index contributed by atoms with van der Waals surface area (Å²) in [5, 5.41) is 4.25. The number of pyridine rings is 1. The average Bonchev–Trinajstić information content (AvgIpc) is 3.34. The van der Waals surface area contributed by atoms with Crippen LogP contribution in [0.5, 0.6) is 5.75 Å². The second kappa shape index (κ2) is 9.19. The zero-order valence-corrected chi connectivity index (χ0v) is 21.6. The van der Waals surface area contributed by atoms with Gasteiger partial charge in [-0.2, -0.15) is 0 Å². The third-order valence-electron chi connectivity index (χ3n) is 6.70. The molecule has 4 aromatic rings. The van der Waals surface area contributed by atoms with Crippen LogP contribution < -0.4 is 15.0 Å². The average molecular weight is 483 g/mol. The zero-order valence-electron chi connectivity index (χ0n) is 20.7. The van der Waals surface area contributed by atoms with Crippen LogP contribution in [-0.2, 0) is 0 Å². The summed E-state index contributed by atoms with van der Waals surface area (Å²) in [6.45, 7) is 8.66. The Morgan fingerprint density at radius 3 is 2.23 bits per heavy atom. The Bertz CT molecular complexity index is 1360. The smallest absolute Gasteiger partial charge is 0.174 e. The molecule has 0 spiro atoms. The number of benzene rings is 2. The fourth-order valence-corrected chi connectivity index (χ4v) is 5.60. The molecule has 2 aromatic carbocycles. The SMILES string of the molecule is COc1ccc(N2C(=S)N[C@@H](c3ccccn3)[C@@H]2c2cc(C)n(-c3cc(C)cc(C)c3)c2C)cc1. The second-order valence-electron chi connectivity index (χ2n) is 9.20.